The topological polar surface area (TPSA) is 82.2 Å². The number of aromatic nitrogens is 1. The van der Waals surface area contributed by atoms with E-state index in [2.05, 4.69) is 10.3 Å². The van der Waals surface area contributed by atoms with Gasteiger partial charge in [0.15, 0.2) is 0 Å². The van der Waals surface area contributed by atoms with E-state index >= 15 is 0 Å². The van der Waals surface area contributed by atoms with Crippen LogP contribution in [0.5, 0.6) is 0 Å². The Morgan fingerprint density at radius 1 is 1.36 bits per heavy atom. The van der Waals surface area contributed by atoms with Crippen LogP contribution in [0.2, 0.25) is 0 Å². The van der Waals surface area contributed by atoms with Gasteiger partial charge in [-0.25, -0.2) is 13.6 Å². The van der Waals surface area contributed by atoms with E-state index < -0.39 is 30.8 Å². The number of rotatable bonds is 6. The second kappa shape index (κ2) is 6.55. The number of hydrogen-bond donors (Lipinski definition) is 3. The quantitative estimate of drug-likeness (QED) is 0.765. The van der Waals surface area contributed by atoms with Gasteiger partial charge < -0.3 is 15.4 Å². The number of nitrogens with one attached hydrogen (secondary N) is 2. The largest absolute Gasteiger partial charge is 0.480 e. The van der Waals surface area contributed by atoms with Crippen molar-refractivity contribution in [1.29, 1.82) is 0 Å². The van der Waals surface area contributed by atoms with Crippen LogP contribution < -0.4 is 5.32 Å². The molecule has 3 N–H and O–H groups in total. The second-order valence-corrected chi connectivity index (χ2v) is 5.07. The van der Waals surface area contributed by atoms with Gasteiger partial charge in [0.05, 0.1) is 6.42 Å². The molecule has 0 saturated carbocycles. The molecule has 0 aliphatic rings. The number of hydrogen-bond acceptors (Lipinski definition) is 2. The van der Waals surface area contributed by atoms with Gasteiger partial charge in [0.25, 0.3) is 0 Å². The van der Waals surface area contributed by atoms with Crippen molar-refractivity contribution in [3.05, 3.63) is 35.5 Å². The molecule has 1 atom stereocenters. The summed E-state index contributed by atoms with van der Waals surface area (Å²) < 4.78 is 24.6. The number of carboxylic acid groups (broad SMARTS) is 1. The van der Waals surface area contributed by atoms with Gasteiger partial charge in [-0.1, -0.05) is 18.2 Å². The van der Waals surface area contributed by atoms with Gasteiger partial charge in [0, 0.05) is 23.5 Å². The summed E-state index contributed by atoms with van der Waals surface area (Å²) in [6.07, 6.45) is -2.11. The molecular formula is C15H16F2N2O3. The molecular weight excluding hydrogens is 294 g/mol. The molecule has 0 radical (unpaired) electrons. The third kappa shape index (κ3) is 3.60. The highest BCUT2D eigenvalue weighted by Gasteiger charge is 2.24. The van der Waals surface area contributed by atoms with E-state index in [1.54, 1.807) is 6.20 Å². The highest BCUT2D eigenvalue weighted by atomic mass is 19.3. The predicted octanol–water partition coefficient (Wildman–Crippen LogP) is 2.24. The number of carboxylic acids is 1. The third-order valence-electron chi connectivity index (χ3n) is 3.41. The number of aryl methyl sites for hydroxylation is 1. The molecule has 5 nitrogen and oxygen atoms in total. The molecule has 1 unspecified atom stereocenters. The standard InChI is InChI=1S/C15H16F2N2O3/c1-8-3-2-4-10-9(7-18-14(8)10)5-13(20)19-11(15(21)22)6-12(16)17/h2-4,7,11-12,18H,5-6H2,1H3,(H,19,20)(H,21,22). The lowest BCUT2D eigenvalue weighted by molar-refractivity contribution is -0.142. The third-order valence-corrected chi connectivity index (χ3v) is 3.41. The number of aromatic amines is 1. The highest BCUT2D eigenvalue weighted by Crippen LogP contribution is 2.21. The van der Waals surface area contributed by atoms with E-state index in [0.29, 0.717) is 5.56 Å². The minimum Gasteiger partial charge on any atom is -0.480 e. The average Bonchev–Trinajstić information content (AvgIpc) is 2.82. The molecule has 22 heavy (non-hydrogen) atoms. The maximum Gasteiger partial charge on any atom is 0.326 e. The Morgan fingerprint density at radius 2 is 2.09 bits per heavy atom. The van der Waals surface area contributed by atoms with E-state index in [1.165, 1.54) is 0 Å². The molecule has 1 amide bonds. The summed E-state index contributed by atoms with van der Waals surface area (Å²) in [6.45, 7) is 1.92. The van der Waals surface area contributed by atoms with E-state index in [9.17, 15) is 18.4 Å². The Labute approximate surface area is 125 Å². The van der Waals surface area contributed by atoms with Crippen LogP contribution >= 0.6 is 0 Å². The molecule has 2 rings (SSSR count). The number of H-pyrrole nitrogens is 1. The first kappa shape index (κ1) is 15.9. The zero-order chi connectivity index (χ0) is 16.3. The van der Waals surface area contributed by atoms with Crippen molar-refractivity contribution in [1.82, 2.24) is 10.3 Å². The molecule has 0 aliphatic heterocycles. The maximum atomic E-state index is 12.3. The molecule has 0 bridgehead atoms. The Bertz CT molecular complexity index is 697. The van der Waals surface area contributed by atoms with Crippen molar-refractivity contribution in [3.63, 3.8) is 0 Å². The molecule has 0 fully saturated rings. The molecule has 1 aromatic heterocycles. The van der Waals surface area contributed by atoms with Gasteiger partial charge in [-0.3, -0.25) is 4.79 Å². The van der Waals surface area contributed by atoms with Crippen LogP contribution in [0, 0.1) is 6.92 Å². The first-order valence-corrected chi connectivity index (χ1v) is 6.74. The number of para-hydroxylation sites is 1. The molecule has 7 heteroatoms. The van der Waals surface area contributed by atoms with Gasteiger partial charge in [0.1, 0.15) is 6.04 Å². The second-order valence-electron chi connectivity index (χ2n) is 5.07. The molecule has 0 saturated heterocycles. The van der Waals surface area contributed by atoms with Crippen molar-refractivity contribution in [2.24, 2.45) is 0 Å². The van der Waals surface area contributed by atoms with E-state index in [4.69, 9.17) is 5.11 Å². The molecule has 118 valence electrons. The monoisotopic (exact) mass is 310 g/mol. The number of aliphatic carboxylic acids is 1. The fourth-order valence-electron chi connectivity index (χ4n) is 2.33. The predicted molar refractivity (Wildman–Crippen MR) is 76.9 cm³/mol. The van der Waals surface area contributed by atoms with Crippen molar-refractivity contribution < 1.29 is 23.5 Å². The number of carbonyl (C=O) groups excluding carboxylic acids is 1. The molecule has 1 heterocycles. The van der Waals surface area contributed by atoms with Crippen molar-refractivity contribution in [2.45, 2.75) is 32.2 Å². The number of carbonyl (C=O) groups is 2. The summed E-state index contributed by atoms with van der Waals surface area (Å²) in [7, 11) is 0. The molecule has 2 aromatic rings. The summed E-state index contributed by atoms with van der Waals surface area (Å²) in [5.41, 5.74) is 2.61. The van der Waals surface area contributed by atoms with E-state index in [0.717, 1.165) is 16.5 Å². The number of amides is 1. The van der Waals surface area contributed by atoms with E-state index in [1.807, 2.05) is 25.1 Å². The van der Waals surface area contributed by atoms with Crippen LogP contribution in [0.25, 0.3) is 10.9 Å². The minimum absolute atomic E-state index is 0.0729. The maximum absolute atomic E-state index is 12.3. The Kier molecular flexibility index (Phi) is 4.75. The van der Waals surface area contributed by atoms with Gasteiger partial charge >= 0.3 is 5.97 Å². The van der Waals surface area contributed by atoms with Crippen LogP contribution in [0.4, 0.5) is 8.78 Å². The smallest absolute Gasteiger partial charge is 0.326 e. The average molecular weight is 310 g/mol. The van der Waals surface area contributed by atoms with Crippen molar-refractivity contribution in [2.75, 3.05) is 0 Å². The Hall–Kier alpha value is -2.44. The lowest BCUT2D eigenvalue weighted by Gasteiger charge is -2.13. The molecule has 1 aromatic carbocycles. The Morgan fingerprint density at radius 3 is 2.73 bits per heavy atom. The van der Waals surface area contributed by atoms with Gasteiger partial charge in [0.2, 0.25) is 12.3 Å². The zero-order valence-electron chi connectivity index (χ0n) is 11.9. The van der Waals surface area contributed by atoms with Gasteiger partial charge in [-0.15, -0.1) is 0 Å². The minimum atomic E-state index is -2.79. The van der Waals surface area contributed by atoms with Crippen LogP contribution in [0.3, 0.4) is 0 Å². The lowest BCUT2D eigenvalue weighted by Crippen LogP contribution is -2.42. The summed E-state index contributed by atoms with van der Waals surface area (Å²) in [6, 6.07) is 4.03. The van der Waals surface area contributed by atoms with E-state index in [-0.39, 0.29) is 6.42 Å². The summed E-state index contributed by atoms with van der Waals surface area (Å²) in [4.78, 5) is 25.8. The number of fused-ring (bicyclic) bond motifs is 1. The summed E-state index contributed by atoms with van der Waals surface area (Å²) >= 11 is 0. The fraction of sp³-hybridized carbons (Fsp3) is 0.333. The van der Waals surface area contributed by atoms with Crippen LogP contribution in [-0.2, 0) is 16.0 Å². The van der Waals surface area contributed by atoms with Crippen molar-refractivity contribution in [3.8, 4) is 0 Å². The van der Waals surface area contributed by atoms with Crippen LogP contribution in [0.15, 0.2) is 24.4 Å². The number of alkyl halides is 2. The number of halogens is 2. The fourth-order valence-corrected chi connectivity index (χ4v) is 2.33. The zero-order valence-corrected chi connectivity index (χ0v) is 11.9. The summed E-state index contributed by atoms with van der Waals surface area (Å²) in [5, 5.41) is 11.8. The van der Waals surface area contributed by atoms with Crippen LogP contribution in [-0.4, -0.2) is 34.4 Å². The van der Waals surface area contributed by atoms with Crippen molar-refractivity contribution >= 4 is 22.8 Å². The summed E-state index contributed by atoms with van der Waals surface area (Å²) in [5.74, 6) is -2.07. The highest BCUT2D eigenvalue weighted by molar-refractivity contribution is 5.91. The first-order chi connectivity index (χ1) is 10.4. The molecule has 0 spiro atoms. The SMILES string of the molecule is Cc1cccc2c(CC(=O)NC(CC(F)F)C(=O)O)c[nH]c12. The van der Waals surface area contributed by atoms with Crippen LogP contribution in [0.1, 0.15) is 17.5 Å². The normalized spacial score (nSPS) is 12.5. The Balaban J connectivity index is 2.10. The first-order valence-electron chi connectivity index (χ1n) is 6.74. The van der Waals surface area contributed by atoms with Gasteiger partial charge in [-0.2, -0.15) is 0 Å². The molecule has 0 aliphatic carbocycles. The number of benzene rings is 1. The van der Waals surface area contributed by atoms with Gasteiger partial charge in [-0.05, 0) is 18.1 Å². The lowest BCUT2D eigenvalue weighted by atomic mass is 10.1.